The standard InChI is InChI=1S/C24H20F2N2O4/c1-14(29)28-18-6-3-5-16(11-18)23(30)27-13-17-10-9-15(12-21(17)26)19-7-4-8-20(25)22(19)24(31)32-2/h3-12H,13H2,1-2H3,(H,27,30)(H,28,29). The normalized spacial score (nSPS) is 10.4. The average molecular weight is 438 g/mol. The smallest absolute Gasteiger partial charge is 0.341 e. The molecule has 0 heterocycles. The molecule has 0 aromatic heterocycles. The Hall–Kier alpha value is -4.07. The van der Waals surface area contributed by atoms with Crippen molar-refractivity contribution in [3.8, 4) is 11.1 Å². The lowest BCUT2D eigenvalue weighted by atomic mass is 9.98. The molecular weight excluding hydrogens is 418 g/mol. The maximum absolute atomic E-state index is 14.7. The molecule has 3 aromatic carbocycles. The fourth-order valence-electron chi connectivity index (χ4n) is 3.15. The molecule has 0 aliphatic carbocycles. The second-order valence-electron chi connectivity index (χ2n) is 6.90. The van der Waals surface area contributed by atoms with Crippen LogP contribution < -0.4 is 10.6 Å². The van der Waals surface area contributed by atoms with Crippen LogP contribution in [0.5, 0.6) is 0 Å². The van der Waals surface area contributed by atoms with Gasteiger partial charge in [0.15, 0.2) is 0 Å². The lowest BCUT2D eigenvalue weighted by molar-refractivity contribution is -0.114. The Morgan fingerprint density at radius 3 is 2.38 bits per heavy atom. The van der Waals surface area contributed by atoms with E-state index in [4.69, 9.17) is 0 Å². The van der Waals surface area contributed by atoms with Gasteiger partial charge in [-0.05, 0) is 41.5 Å². The van der Waals surface area contributed by atoms with Gasteiger partial charge in [-0.15, -0.1) is 0 Å². The van der Waals surface area contributed by atoms with Crippen LogP contribution in [0.4, 0.5) is 14.5 Å². The summed E-state index contributed by atoms with van der Waals surface area (Å²) in [5, 5.41) is 5.20. The predicted octanol–water partition coefficient (Wildman–Crippen LogP) is 4.31. The van der Waals surface area contributed by atoms with Gasteiger partial charge >= 0.3 is 5.97 Å². The third kappa shape index (κ3) is 5.15. The van der Waals surface area contributed by atoms with Gasteiger partial charge in [-0.3, -0.25) is 9.59 Å². The van der Waals surface area contributed by atoms with Crippen LogP contribution in [0.3, 0.4) is 0 Å². The number of carbonyl (C=O) groups excluding carboxylic acids is 3. The molecule has 3 aromatic rings. The van der Waals surface area contributed by atoms with Crippen LogP contribution in [-0.2, 0) is 16.1 Å². The van der Waals surface area contributed by atoms with Crippen molar-refractivity contribution in [2.45, 2.75) is 13.5 Å². The van der Waals surface area contributed by atoms with E-state index in [-0.39, 0.29) is 29.1 Å². The Morgan fingerprint density at radius 1 is 0.938 bits per heavy atom. The summed E-state index contributed by atoms with van der Waals surface area (Å²) in [6.07, 6.45) is 0. The van der Waals surface area contributed by atoms with Crippen LogP contribution in [0.15, 0.2) is 60.7 Å². The topological polar surface area (TPSA) is 84.5 Å². The first-order valence-electron chi connectivity index (χ1n) is 9.61. The summed E-state index contributed by atoms with van der Waals surface area (Å²) >= 11 is 0. The summed E-state index contributed by atoms with van der Waals surface area (Å²) in [5.41, 5.74) is 1.18. The van der Waals surface area contributed by atoms with E-state index >= 15 is 0 Å². The minimum atomic E-state index is -0.864. The second-order valence-corrected chi connectivity index (χ2v) is 6.90. The molecule has 0 aliphatic heterocycles. The van der Waals surface area contributed by atoms with E-state index in [0.717, 1.165) is 13.2 Å². The number of hydrogen-bond donors (Lipinski definition) is 2. The zero-order chi connectivity index (χ0) is 23.3. The number of ether oxygens (including phenoxy) is 1. The molecule has 0 fully saturated rings. The van der Waals surface area contributed by atoms with Crippen molar-refractivity contribution in [3.05, 3.63) is 89.0 Å². The van der Waals surface area contributed by atoms with Crippen molar-refractivity contribution in [3.63, 3.8) is 0 Å². The van der Waals surface area contributed by atoms with Crippen LogP contribution in [0, 0.1) is 11.6 Å². The van der Waals surface area contributed by atoms with E-state index in [1.54, 1.807) is 18.2 Å². The number of rotatable bonds is 6. The summed E-state index contributed by atoms with van der Waals surface area (Å²) in [6, 6.07) is 14.5. The second kappa shape index (κ2) is 9.82. The molecule has 0 atom stereocenters. The fourth-order valence-corrected chi connectivity index (χ4v) is 3.15. The van der Waals surface area contributed by atoms with Crippen molar-refractivity contribution in [1.29, 1.82) is 0 Å². The number of esters is 1. The van der Waals surface area contributed by atoms with Crippen LogP contribution in [0.25, 0.3) is 11.1 Å². The van der Waals surface area contributed by atoms with E-state index in [1.807, 2.05) is 0 Å². The van der Waals surface area contributed by atoms with Crippen LogP contribution in [0.2, 0.25) is 0 Å². The predicted molar refractivity (Wildman–Crippen MR) is 115 cm³/mol. The Kier molecular flexibility index (Phi) is 6.94. The molecule has 0 unspecified atom stereocenters. The number of nitrogens with one attached hydrogen (secondary N) is 2. The maximum Gasteiger partial charge on any atom is 0.341 e. The Balaban J connectivity index is 1.77. The minimum absolute atomic E-state index is 0.0949. The SMILES string of the molecule is COC(=O)c1c(F)cccc1-c1ccc(CNC(=O)c2cccc(NC(C)=O)c2)c(F)c1. The van der Waals surface area contributed by atoms with Crippen LogP contribution in [-0.4, -0.2) is 24.9 Å². The summed E-state index contributed by atoms with van der Waals surface area (Å²) in [4.78, 5) is 35.5. The van der Waals surface area contributed by atoms with Gasteiger partial charge in [0, 0.05) is 30.3 Å². The quantitative estimate of drug-likeness (QED) is 0.562. The lowest BCUT2D eigenvalue weighted by Gasteiger charge is -2.12. The van der Waals surface area contributed by atoms with Gasteiger partial charge in [0.1, 0.15) is 17.2 Å². The van der Waals surface area contributed by atoms with Crippen molar-refractivity contribution in [1.82, 2.24) is 5.32 Å². The molecule has 32 heavy (non-hydrogen) atoms. The highest BCUT2D eigenvalue weighted by Crippen LogP contribution is 2.28. The van der Waals surface area contributed by atoms with Crippen LogP contribution >= 0.6 is 0 Å². The van der Waals surface area contributed by atoms with E-state index in [1.165, 1.54) is 43.3 Å². The first kappa shape index (κ1) is 22.6. The molecule has 3 rings (SSSR count). The molecule has 0 saturated heterocycles. The molecule has 6 nitrogen and oxygen atoms in total. The summed E-state index contributed by atoms with van der Waals surface area (Å²) in [5.74, 6) is -2.98. The van der Waals surface area contributed by atoms with E-state index in [0.29, 0.717) is 16.8 Å². The highest BCUT2D eigenvalue weighted by Gasteiger charge is 2.19. The van der Waals surface area contributed by atoms with E-state index < -0.39 is 23.5 Å². The zero-order valence-electron chi connectivity index (χ0n) is 17.4. The number of amides is 2. The molecular formula is C24H20F2N2O4. The van der Waals surface area contributed by atoms with Crippen molar-refractivity contribution in [2.75, 3.05) is 12.4 Å². The molecule has 0 radical (unpaired) electrons. The number of methoxy groups -OCH3 is 1. The van der Waals surface area contributed by atoms with Gasteiger partial charge < -0.3 is 15.4 Å². The van der Waals surface area contributed by atoms with Crippen molar-refractivity contribution < 1.29 is 27.9 Å². The highest BCUT2D eigenvalue weighted by molar-refractivity contribution is 5.98. The molecule has 2 N–H and O–H groups in total. The van der Waals surface area contributed by atoms with E-state index in [9.17, 15) is 23.2 Å². The molecule has 0 spiro atoms. The maximum atomic E-state index is 14.7. The summed E-state index contributed by atoms with van der Waals surface area (Å²) in [7, 11) is 1.14. The van der Waals surface area contributed by atoms with Crippen molar-refractivity contribution in [2.24, 2.45) is 0 Å². The minimum Gasteiger partial charge on any atom is -0.465 e. The first-order chi connectivity index (χ1) is 15.3. The number of benzene rings is 3. The zero-order valence-corrected chi connectivity index (χ0v) is 17.4. The molecule has 8 heteroatoms. The van der Waals surface area contributed by atoms with Gasteiger partial charge in [-0.1, -0.05) is 30.3 Å². The van der Waals surface area contributed by atoms with Gasteiger partial charge in [-0.25, -0.2) is 13.6 Å². The lowest BCUT2D eigenvalue weighted by Crippen LogP contribution is -2.23. The Morgan fingerprint density at radius 2 is 1.69 bits per heavy atom. The van der Waals surface area contributed by atoms with Gasteiger partial charge in [0.2, 0.25) is 5.91 Å². The third-order valence-corrected chi connectivity index (χ3v) is 4.65. The largest absolute Gasteiger partial charge is 0.465 e. The molecule has 0 aliphatic rings. The monoisotopic (exact) mass is 438 g/mol. The molecule has 2 amide bonds. The third-order valence-electron chi connectivity index (χ3n) is 4.65. The van der Waals surface area contributed by atoms with Gasteiger partial charge in [0.25, 0.3) is 5.91 Å². The number of halogens is 2. The number of hydrogen-bond acceptors (Lipinski definition) is 4. The summed E-state index contributed by atoms with van der Waals surface area (Å²) < 4.78 is 33.5. The van der Waals surface area contributed by atoms with E-state index in [2.05, 4.69) is 15.4 Å². The fraction of sp³-hybridized carbons (Fsp3) is 0.125. The number of carbonyl (C=O) groups is 3. The highest BCUT2D eigenvalue weighted by atomic mass is 19.1. The Labute approximate surface area is 183 Å². The van der Waals surface area contributed by atoms with Crippen molar-refractivity contribution >= 4 is 23.5 Å². The number of anilines is 1. The summed E-state index contributed by atoms with van der Waals surface area (Å²) in [6.45, 7) is 1.26. The first-order valence-corrected chi connectivity index (χ1v) is 9.61. The Bertz CT molecular complexity index is 1190. The molecule has 164 valence electrons. The molecule has 0 bridgehead atoms. The average Bonchev–Trinajstić information content (AvgIpc) is 2.77. The molecule has 0 saturated carbocycles. The van der Waals surface area contributed by atoms with Gasteiger partial charge in [-0.2, -0.15) is 0 Å². The van der Waals surface area contributed by atoms with Crippen LogP contribution in [0.1, 0.15) is 33.2 Å². The van der Waals surface area contributed by atoms with Gasteiger partial charge in [0.05, 0.1) is 7.11 Å².